The normalized spacial score (nSPS) is 12.1. The van der Waals surface area contributed by atoms with E-state index in [2.05, 4.69) is 19.8 Å². The van der Waals surface area contributed by atoms with Crippen LogP contribution in [0.2, 0.25) is 0 Å². The fourth-order valence-corrected chi connectivity index (χ4v) is 3.85. The van der Waals surface area contributed by atoms with Gasteiger partial charge in [0.1, 0.15) is 10.6 Å². The third-order valence-electron chi connectivity index (χ3n) is 3.52. The molecular weight excluding hydrogens is 320 g/mol. The van der Waals surface area contributed by atoms with Crippen molar-refractivity contribution in [3.05, 3.63) is 45.7 Å². The van der Waals surface area contributed by atoms with Crippen molar-refractivity contribution in [1.82, 2.24) is 19.8 Å². The third kappa shape index (κ3) is 3.06. The standard InChI is InChI=1S/C14H16N4O4S/c1-8-13(9(2)22-18-8)23(20,21)15-6-5-10-3-4-11-12(7-10)17-14(19)16-11/h3-4,7,15H,5-6H2,1-2H3,(H2,16,17,19). The molecule has 0 saturated heterocycles. The van der Waals surface area contributed by atoms with E-state index in [-0.39, 0.29) is 22.9 Å². The molecule has 2 aromatic heterocycles. The van der Waals surface area contributed by atoms with Crippen LogP contribution in [0.15, 0.2) is 32.4 Å². The first-order chi connectivity index (χ1) is 10.9. The van der Waals surface area contributed by atoms with E-state index in [0.717, 1.165) is 11.1 Å². The van der Waals surface area contributed by atoms with E-state index in [4.69, 9.17) is 4.52 Å². The number of H-pyrrole nitrogens is 2. The molecule has 0 fully saturated rings. The molecule has 0 amide bonds. The number of nitrogens with zero attached hydrogens (tertiary/aromatic N) is 1. The summed E-state index contributed by atoms with van der Waals surface area (Å²) in [4.78, 5) is 16.6. The average molecular weight is 336 g/mol. The SMILES string of the molecule is Cc1noc(C)c1S(=O)(=O)NCCc1ccc2[nH]c(=O)[nH]c2c1. The Hall–Kier alpha value is -2.39. The van der Waals surface area contributed by atoms with Crippen molar-refractivity contribution in [3.63, 3.8) is 0 Å². The quantitative estimate of drug-likeness (QED) is 0.641. The van der Waals surface area contributed by atoms with E-state index in [1.807, 2.05) is 12.1 Å². The minimum atomic E-state index is -3.66. The number of aromatic amines is 2. The highest BCUT2D eigenvalue weighted by molar-refractivity contribution is 7.89. The second-order valence-electron chi connectivity index (χ2n) is 5.26. The van der Waals surface area contributed by atoms with E-state index >= 15 is 0 Å². The summed E-state index contributed by atoms with van der Waals surface area (Å²) in [5, 5.41) is 3.65. The van der Waals surface area contributed by atoms with Crippen molar-refractivity contribution in [2.75, 3.05) is 6.54 Å². The molecule has 3 N–H and O–H groups in total. The van der Waals surface area contributed by atoms with Gasteiger partial charge in [0.15, 0.2) is 5.76 Å². The predicted molar refractivity (Wildman–Crippen MR) is 83.8 cm³/mol. The number of nitrogens with one attached hydrogen (secondary N) is 3. The maximum Gasteiger partial charge on any atom is 0.323 e. The maximum atomic E-state index is 12.3. The van der Waals surface area contributed by atoms with Crippen LogP contribution in [0.25, 0.3) is 11.0 Å². The lowest BCUT2D eigenvalue weighted by molar-refractivity contribution is 0.390. The molecule has 2 heterocycles. The Morgan fingerprint density at radius 1 is 1.22 bits per heavy atom. The zero-order valence-electron chi connectivity index (χ0n) is 12.6. The van der Waals surface area contributed by atoms with Crippen LogP contribution in [-0.2, 0) is 16.4 Å². The van der Waals surface area contributed by atoms with Gasteiger partial charge in [-0.1, -0.05) is 11.2 Å². The molecule has 0 radical (unpaired) electrons. The predicted octanol–water partition coefficient (Wildman–Crippen LogP) is 0.982. The van der Waals surface area contributed by atoms with E-state index in [1.54, 1.807) is 19.9 Å². The molecule has 23 heavy (non-hydrogen) atoms. The van der Waals surface area contributed by atoms with Crippen molar-refractivity contribution >= 4 is 21.1 Å². The number of hydrogen-bond acceptors (Lipinski definition) is 5. The summed E-state index contributed by atoms with van der Waals surface area (Å²) < 4.78 is 32.0. The maximum absolute atomic E-state index is 12.3. The van der Waals surface area contributed by atoms with E-state index in [1.165, 1.54) is 0 Å². The first-order valence-electron chi connectivity index (χ1n) is 7.00. The smallest absolute Gasteiger partial charge is 0.323 e. The van der Waals surface area contributed by atoms with Crippen LogP contribution in [0.5, 0.6) is 0 Å². The average Bonchev–Trinajstić information content (AvgIpc) is 3.00. The zero-order chi connectivity index (χ0) is 16.6. The van der Waals surface area contributed by atoms with Gasteiger partial charge in [-0.05, 0) is 38.0 Å². The number of benzene rings is 1. The van der Waals surface area contributed by atoms with Crippen LogP contribution in [0.3, 0.4) is 0 Å². The van der Waals surface area contributed by atoms with Gasteiger partial charge in [-0.25, -0.2) is 17.9 Å². The lowest BCUT2D eigenvalue weighted by Crippen LogP contribution is -2.26. The van der Waals surface area contributed by atoms with Crippen LogP contribution in [0.4, 0.5) is 0 Å². The van der Waals surface area contributed by atoms with Gasteiger partial charge in [-0.2, -0.15) is 0 Å². The lowest BCUT2D eigenvalue weighted by atomic mass is 10.1. The molecular formula is C14H16N4O4S. The van der Waals surface area contributed by atoms with Gasteiger partial charge in [-0.3, -0.25) is 0 Å². The lowest BCUT2D eigenvalue weighted by Gasteiger charge is -2.06. The monoisotopic (exact) mass is 336 g/mol. The number of fused-ring (bicyclic) bond motifs is 1. The fraction of sp³-hybridized carbons (Fsp3) is 0.286. The molecule has 122 valence electrons. The Morgan fingerprint density at radius 3 is 2.65 bits per heavy atom. The highest BCUT2D eigenvalue weighted by Crippen LogP contribution is 2.18. The molecule has 0 aliphatic heterocycles. The minimum absolute atomic E-state index is 0.0860. The molecule has 0 bridgehead atoms. The summed E-state index contributed by atoms with van der Waals surface area (Å²) in [5.74, 6) is 0.265. The Kier molecular flexibility index (Phi) is 3.82. The van der Waals surface area contributed by atoms with Crippen LogP contribution < -0.4 is 10.4 Å². The largest absolute Gasteiger partial charge is 0.360 e. The number of hydrogen-bond donors (Lipinski definition) is 3. The molecule has 0 saturated carbocycles. The molecule has 0 unspecified atom stereocenters. The Bertz CT molecular complexity index is 993. The second kappa shape index (κ2) is 5.67. The van der Waals surface area contributed by atoms with Crippen LogP contribution in [0, 0.1) is 13.8 Å². The van der Waals surface area contributed by atoms with E-state index < -0.39 is 10.0 Å². The van der Waals surface area contributed by atoms with E-state index in [9.17, 15) is 13.2 Å². The van der Waals surface area contributed by atoms with Crippen molar-refractivity contribution in [1.29, 1.82) is 0 Å². The summed E-state index contributed by atoms with van der Waals surface area (Å²) >= 11 is 0. The fourth-order valence-electron chi connectivity index (χ4n) is 2.50. The third-order valence-corrected chi connectivity index (χ3v) is 5.23. The number of aryl methyl sites for hydroxylation is 2. The highest BCUT2D eigenvalue weighted by atomic mass is 32.2. The summed E-state index contributed by atoms with van der Waals surface area (Å²) in [6, 6.07) is 5.44. The van der Waals surface area contributed by atoms with Crippen molar-refractivity contribution < 1.29 is 12.9 Å². The summed E-state index contributed by atoms with van der Waals surface area (Å²) in [7, 11) is -3.66. The number of imidazole rings is 1. The molecule has 0 aliphatic carbocycles. The van der Waals surface area contributed by atoms with Gasteiger partial charge in [0.2, 0.25) is 10.0 Å². The van der Waals surface area contributed by atoms with Crippen LogP contribution >= 0.6 is 0 Å². The number of aromatic nitrogens is 3. The minimum Gasteiger partial charge on any atom is -0.360 e. The highest BCUT2D eigenvalue weighted by Gasteiger charge is 2.23. The first kappa shape index (κ1) is 15.5. The van der Waals surface area contributed by atoms with E-state index in [0.29, 0.717) is 17.6 Å². The van der Waals surface area contributed by atoms with Crippen molar-refractivity contribution in [2.45, 2.75) is 25.2 Å². The van der Waals surface area contributed by atoms with Gasteiger partial charge in [0, 0.05) is 6.54 Å². The van der Waals surface area contributed by atoms with Gasteiger partial charge >= 0.3 is 5.69 Å². The Labute approximate surface area is 131 Å². The van der Waals surface area contributed by atoms with Crippen molar-refractivity contribution in [2.24, 2.45) is 0 Å². The molecule has 1 aromatic carbocycles. The van der Waals surface area contributed by atoms with Crippen molar-refractivity contribution in [3.8, 4) is 0 Å². The van der Waals surface area contributed by atoms with Crippen LogP contribution in [0.1, 0.15) is 17.0 Å². The molecule has 3 aromatic rings. The summed E-state index contributed by atoms with van der Waals surface area (Å²) in [6.45, 7) is 3.37. The molecule has 0 atom stereocenters. The molecule has 0 aliphatic rings. The molecule has 3 rings (SSSR count). The molecule has 9 heteroatoms. The summed E-state index contributed by atoms with van der Waals surface area (Å²) in [5.41, 5.74) is 2.39. The Morgan fingerprint density at radius 2 is 1.96 bits per heavy atom. The second-order valence-corrected chi connectivity index (χ2v) is 6.96. The van der Waals surface area contributed by atoms with Gasteiger partial charge < -0.3 is 14.5 Å². The summed E-state index contributed by atoms with van der Waals surface area (Å²) in [6.07, 6.45) is 0.492. The topological polar surface area (TPSA) is 121 Å². The van der Waals surface area contributed by atoms with Gasteiger partial charge in [-0.15, -0.1) is 0 Å². The zero-order valence-corrected chi connectivity index (χ0v) is 13.5. The van der Waals surface area contributed by atoms with Gasteiger partial charge in [0.05, 0.1) is 11.0 Å². The number of rotatable bonds is 5. The Balaban J connectivity index is 1.71. The number of sulfonamides is 1. The molecule has 8 nitrogen and oxygen atoms in total. The van der Waals surface area contributed by atoms with Crippen LogP contribution in [-0.4, -0.2) is 30.1 Å². The van der Waals surface area contributed by atoms with Gasteiger partial charge in [0.25, 0.3) is 0 Å². The first-order valence-corrected chi connectivity index (χ1v) is 8.48. The molecule has 0 spiro atoms.